The van der Waals surface area contributed by atoms with Crippen LogP contribution in [0.5, 0.6) is 0 Å². The van der Waals surface area contributed by atoms with E-state index in [1.807, 2.05) is 3.11 Å². The van der Waals surface area contributed by atoms with E-state index in [2.05, 4.69) is 28.2 Å². The van der Waals surface area contributed by atoms with Crippen molar-refractivity contribution in [2.24, 2.45) is 0 Å². The Morgan fingerprint density at radius 3 is 2.65 bits per heavy atom. The molecule has 1 N–H and O–H groups in total. The molecule has 1 heterocycles. The van der Waals surface area contributed by atoms with Crippen molar-refractivity contribution in [3.05, 3.63) is 0 Å². The lowest BCUT2D eigenvalue weighted by Crippen LogP contribution is -2.54. The average Bonchev–Trinajstić information content (AvgIpc) is 2.34. The lowest BCUT2D eigenvalue weighted by molar-refractivity contribution is -0.188. The van der Waals surface area contributed by atoms with E-state index in [0.717, 1.165) is 25.8 Å². The van der Waals surface area contributed by atoms with Gasteiger partial charge in [0, 0.05) is 35.5 Å². The number of hydrogen-bond donors (Lipinski definition) is 1. The molecule has 0 aromatic rings. The predicted octanol–water partition coefficient (Wildman–Crippen LogP) is 2.42. The van der Waals surface area contributed by atoms with Crippen LogP contribution < -0.4 is 5.32 Å². The summed E-state index contributed by atoms with van der Waals surface area (Å²) < 4.78 is 43.2. The monoisotopic (exact) mass is 406 g/mol. The molecule has 1 saturated carbocycles. The molecule has 0 spiro atoms. The number of carbonyl (C=O) groups excluding carboxylic acids is 1. The molecule has 116 valence electrons. The molecule has 1 aliphatic carbocycles. The second-order valence-electron chi connectivity index (χ2n) is 5.35. The molecule has 1 saturated heterocycles. The number of nitrogens with one attached hydrogen (secondary N) is 1. The minimum atomic E-state index is -4.29. The number of amides is 1. The van der Waals surface area contributed by atoms with Crippen molar-refractivity contribution in [1.29, 1.82) is 0 Å². The molecule has 8 heteroatoms. The van der Waals surface area contributed by atoms with E-state index in [1.54, 1.807) is 0 Å². The Kier molecular flexibility index (Phi) is 5.52. The number of halogens is 4. The van der Waals surface area contributed by atoms with Crippen LogP contribution >= 0.6 is 22.9 Å². The topological polar surface area (TPSA) is 41.6 Å². The van der Waals surface area contributed by atoms with E-state index >= 15 is 0 Å². The minimum absolute atomic E-state index is 0.0212. The fourth-order valence-electron chi connectivity index (χ4n) is 2.55. The van der Waals surface area contributed by atoms with Gasteiger partial charge >= 0.3 is 6.18 Å². The van der Waals surface area contributed by atoms with E-state index < -0.39 is 18.9 Å². The highest BCUT2D eigenvalue weighted by atomic mass is 127. The highest BCUT2D eigenvalue weighted by molar-refractivity contribution is 14.1. The van der Waals surface area contributed by atoms with Crippen LogP contribution in [0.3, 0.4) is 0 Å². The normalized spacial score (nSPS) is 31.7. The van der Waals surface area contributed by atoms with Crippen LogP contribution in [0.25, 0.3) is 0 Å². The van der Waals surface area contributed by atoms with Gasteiger partial charge in [0.25, 0.3) is 0 Å². The molecule has 20 heavy (non-hydrogen) atoms. The van der Waals surface area contributed by atoms with Gasteiger partial charge in [-0.2, -0.15) is 13.2 Å². The standard InChI is InChI=1S/C12H18F3IN2O2/c13-12(14,15)7-20-9-3-1-2-8(6-9)17-11(19)10-4-5-18(10)16/h8-10H,1-7H2,(H,17,19)/t8?,9?,10-/m0/s1. The molecule has 2 aliphatic rings. The van der Waals surface area contributed by atoms with E-state index in [-0.39, 0.29) is 18.0 Å². The van der Waals surface area contributed by atoms with Crippen LogP contribution in [0, 0.1) is 0 Å². The summed E-state index contributed by atoms with van der Waals surface area (Å²) in [5, 5.41) is 2.93. The van der Waals surface area contributed by atoms with Gasteiger partial charge in [-0.15, -0.1) is 0 Å². The van der Waals surface area contributed by atoms with Crippen LogP contribution in [-0.2, 0) is 9.53 Å². The van der Waals surface area contributed by atoms with E-state index in [1.165, 1.54) is 0 Å². The first-order chi connectivity index (χ1) is 9.35. The molecular formula is C12H18F3IN2O2. The van der Waals surface area contributed by atoms with Crippen molar-refractivity contribution in [2.45, 2.75) is 56.5 Å². The summed E-state index contributed by atoms with van der Waals surface area (Å²) in [7, 11) is 0. The van der Waals surface area contributed by atoms with Gasteiger partial charge in [-0.05, 0) is 32.1 Å². The quantitative estimate of drug-likeness (QED) is 0.576. The molecule has 0 bridgehead atoms. The number of rotatable bonds is 4. The number of alkyl halides is 3. The third-order valence-corrected chi connectivity index (χ3v) is 4.87. The Labute approximate surface area is 129 Å². The fraction of sp³-hybridized carbons (Fsp3) is 0.917. The maximum atomic E-state index is 12.1. The molecule has 4 nitrogen and oxygen atoms in total. The van der Waals surface area contributed by atoms with Gasteiger partial charge in [0.1, 0.15) is 6.61 Å². The second kappa shape index (κ2) is 6.78. The zero-order chi connectivity index (χ0) is 14.8. The van der Waals surface area contributed by atoms with Crippen molar-refractivity contribution >= 4 is 28.8 Å². The smallest absolute Gasteiger partial charge is 0.369 e. The SMILES string of the molecule is O=C(NC1CCCC(OCC(F)(F)F)C1)[C@@H]1CCN1I. The van der Waals surface area contributed by atoms with Gasteiger partial charge in [0.15, 0.2) is 0 Å². The van der Waals surface area contributed by atoms with Gasteiger partial charge < -0.3 is 10.1 Å². The Morgan fingerprint density at radius 1 is 1.35 bits per heavy atom. The fourth-order valence-corrected chi connectivity index (χ4v) is 3.36. The highest BCUT2D eigenvalue weighted by Crippen LogP contribution is 2.26. The molecule has 2 unspecified atom stereocenters. The molecule has 1 amide bonds. The van der Waals surface area contributed by atoms with Crippen molar-refractivity contribution in [1.82, 2.24) is 8.43 Å². The first-order valence-electron chi connectivity index (χ1n) is 6.76. The van der Waals surface area contributed by atoms with Gasteiger partial charge in [-0.25, -0.2) is 3.11 Å². The zero-order valence-corrected chi connectivity index (χ0v) is 13.1. The summed E-state index contributed by atoms with van der Waals surface area (Å²) in [4.78, 5) is 11.9. The lowest BCUT2D eigenvalue weighted by atomic mass is 9.92. The van der Waals surface area contributed by atoms with Crippen LogP contribution in [-0.4, -0.2) is 46.5 Å². The molecule has 3 atom stereocenters. The summed E-state index contributed by atoms with van der Waals surface area (Å²) >= 11 is 2.11. The summed E-state index contributed by atoms with van der Waals surface area (Å²) in [6.45, 7) is -0.302. The number of carbonyl (C=O) groups is 1. The third kappa shape index (κ3) is 4.73. The van der Waals surface area contributed by atoms with Crippen LogP contribution in [0.15, 0.2) is 0 Å². The molecule has 0 aromatic heterocycles. The number of hydrogen-bond acceptors (Lipinski definition) is 3. The number of ether oxygens (including phenoxy) is 1. The first-order valence-corrected chi connectivity index (χ1v) is 7.73. The van der Waals surface area contributed by atoms with E-state index in [0.29, 0.717) is 12.8 Å². The maximum Gasteiger partial charge on any atom is 0.411 e. The molecule has 1 aliphatic heterocycles. The molecule has 0 radical (unpaired) electrons. The van der Waals surface area contributed by atoms with Crippen LogP contribution in [0.4, 0.5) is 13.2 Å². The van der Waals surface area contributed by atoms with Gasteiger partial charge in [0.05, 0.1) is 12.1 Å². The van der Waals surface area contributed by atoms with Gasteiger partial charge in [0.2, 0.25) is 5.91 Å². The van der Waals surface area contributed by atoms with Crippen molar-refractivity contribution in [3.63, 3.8) is 0 Å². The van der Waals surface area contributed by atoms with Crippen molar-refractivity contribution in [3.8, 4) is 0 Å². The largest absolute Gasteiger partial charge is 0.411 e. The van der Waals surface area contributed by atoms with Gasteiger partial charge in [-0.3, -0.25) is 4.79 Å². The second-order valence-corrected chi connectivity index (χ2v) is 6.59. The minimum Gasteiger partial charge on any atom is -0.369 e. The van der Waals surface area contributed by atoms with E-state index in [9.17, 15) is 18.0 Å². The molecule has 2 rings (SSSR count). The van der Waals surface area contributed by atoms with Crippen LogP contribution in [0.2, 0.25) is 0 Å². The van der Waals surface area contributed by atoms with Crippen molar-refractivity contribution < 1.29 is 22.7 Å². The predicted molar refractivity (Wildman–Crippen MR) is 75.3 cm³/mol. The Balaban J connectivity index is 1.74. The summed E-state index contributed by atoms with van der Waals surface area (Å²) in [5.74, 6) is -0.0212. The molecule has 2 fully saturated rings. The van der Waals surface area contributed by atoms with Crippen LogP contribution in [0.1, 0.15) is 32.1 Å². The number of nitrogens with zero attached hydrogens (tertiary/aromatic N) is 1. The van der Waals surface area contributed by atoms with Crippen molar-refractivity contribution in [2.75, 3.05) is 13.2 Å². The highest BCUT2D eigenvalue weighted by Gasteiger charge is 2.35. The summed E-state index contributed by atoms with van der Waals surface area (Å²) in [6.07, 6.45) is -1.16. The van der Waals surface area contributed by atoms with Gasteiger partial charge in [-0.1, -0.05) is 0 Å². The maximum absolute atomic E-state index is 12.1. The Morgan fingerprint density at radius 2 is 2.10 bits per heavy atom. The molecule has 0 aromatic carbocycles. The average molecular weight is 406 g/mol. The Bertz CT molecular complexity index is 354. The summed E-state index contributed by atoms with van der Waals surface area (Å²) in [6, 6.07) is -0.160. The molecular weight excluding hydrogens is 388 g/mol. The summed E-state index contributed by atoms with van der Waals surface area (Å²) in [5.41, 5.74) is 0. The first kappa shape index (κ1) is 16.3. The van der Waals surface area contributed by atoms with E-state index in [4.69, 9.17) is 4.74 Å². The third-order valence-electron chi connectivity index (χ3n) is 3.71. The zero-order valence-electron chi connectivity index (χ0n) is 11.0. The Hall–Kier alpha value is -0.0900. The lowest BCUT2D eigenvalue weighted by Gasteiger charge is -2.37.